The van der Waals surface area contributed by atoms with Gasteiger partial charge in [-0.2, -0.15) is 0 Å². The molecule has 3 aromatic carbocycles. The van der Waals surface area contributed by atoms with Gasteiger partial charge >= 0.3 is 0 Å². The highest BCUT2D eigenvalue weighted by molar-refractivity contribution is 7.99. The summed E-state index contributed by atoms with van der Waals surface area (Å²) in [4.78, 5) is 28.8. The van der Waals surface area contributed by atoms with E-state index in [1.807, 2.05) is 67.6 Å². The summed E-state index contributed by atoms with van der Waals surface area (Å²) in [6, 6.07) is 19.0. The normalized spacial score (nSPS) is 15.1. The number of amides is 2. The molecular weight excluding hydrogens is 464 g/mol. The van der Waals surface area contributed by atoms with Crippen LogP contribution in [0.3, 0.4) is 0 Å². The van der Waals surface area contributed by atoms with Gasteiger partial charge in [-0.15, -0.1) is 11.8 Å². The van der Waals surface area contributed by atoms with Crippen LogP contribution in [0.25, 0.3) is 0 Å². The first-order valence-electron chi connectivity index (χ1n) is 11.2. The van der Waals surface area contributed by atoms with Crippen LogP contribution in [0.2, 0.25) is 0 Å². The highest BCUT2D eigenvalue weighted by Gasteiger charge is 2.31. The average molecular weight is 493 g/mol. The highest BCUT2D eigenvalue weighted by Crippen LogP contribution is 2.49. The zero-order valence-corrected chi connectivity index (χ0v) is 21.0. The van der Waals surface area contributed by atoms with Gasteiger partial charge in [-0.25, -0.2) is 0 Å². The largest absolute Gasteiger partial charge is 0.493 e. The Morgan fingerprint density at radius 3 is 2.37 bits per heavy atom. The Morgan fingerprint density at radius 1 is 1.00 bits per heavy atom. The van der Waals surface area contributed by atoms with Crippen molar-refractivity contribution in [1.82, 2.24) is 0 Å². The van der Waals surface area contributed by atoms with E-state index in [0.29, 0.717) is 22.9 Å². The number of rotatable bonds is 7. The summed E-state index contributed by atoms with van der Waals surface area (Å²) < 4.78 is 16.5. The molecule has 35 heavy (non-hydrogen) atoms. The summed E-state index contributed by atoms with van der Waals surface area (Å²) in [6.07, 6.45) is 0.204. The molecule has 0 saturated heterocycles. The summed E-state index contributed by atoms with van der Waals surface area (Å²) >= 11 is 1.58. The fourth-order valence-electron chi connectivity index (χ4n) is 4.09. The van der Waals surface area contributed by atoms with Crippen molar-refractivity contribution in [3.63, 3.8) is 0 Å². The molecule has 0 bridgehead atoms. The van der Waals surface area contributed by atoms with Gasteiger partial charge in [0.25, 0.3) is 0 Å². The van der Waals surface area contributed by atoms with E-state index in [9.17, 15) is 9.59 Å². The third-order valence-electron chi connectivity index (χ3n) is 5.75. The smallest absolute Gasteiger partial charge is 0.244 e. The number of carbonyl (C=O) groups excluding carboxylic acids is 2. The van der Waals surface area contributed by atoms with Gasteiger partial charge in [0.2, 0.25) is 17.6 Å². The third kappa shape index (κ3) is 5.38. The number of nitrogens with one attached hydrogen (secondary N) is 1. The Labute approximate surface area is 209 Å². The molecule has 1 atom stereocenters. The van der Waals surface area contributed by atoms with Crippen LogP contribution in [0.5, 0.6) is 17.2 Å². The Bertz CT molecular complexity index is 1220. The number of anilines is 2. The first kappa shape index (κ1) is 24.5. The van der Waals surface area contributed by atoms with Gasteiger partial charge in [0.1, 0.15) is 6.54 Å². The fraction of sp³-hybridized carbons (Fsp3) is 0.259. The molecule has 3 aromatic rings. The Morgan fingerprint density at radius 2 is 1.71 bits per heavy atom. The zero-order chi connectivity index (χ0) is 24.9. The minimum atomic E-state index is -0.255. The molecular formula is C27H28N2O5S. The lowest BCUT2D eigenvalue weighted by Crippen LogP contribution is -2.38. The topological polar surface area (TPSA) is 77.1 Å². The monoisotopic (exact) mass is 492 g/mol. The lowest BCUT2D eigenvalue weighted by molar-refractivity contribution is -0.121. The van der Waals surface area contributed by atoms with Gasteiger partial charge in [-0.3, -0.25) is 9.59 Å². The first-order valence-corrected chi connectivity index (χ1v) is 12.0. The second kappa shape index (κ2) is 10.7. The molecule has 1 unspecified atom stereocenters. The molecule has 0 aromatic heterocycles. The van der Waals surface area contributed by atoms with Crippen LogP contribution in [0.15, 0.2) is 65.6 Å². The van der Waals surface area contributed by atoms with Crippen LogP contribution in [0, 0.1) is 6.92 Å². The molecule has 182 valence electrons. The number of fused-ring (bicyclic) bond motifs is 1. The summed E-state index contributed by atoms with van der Waals surface area (Å²) in [6.45, 7) is 1.89. The second-order valence-electron chi connectivity index (χ2n) is 8.13. The predicted molar refractivity (Wildman–Crippen MR) is 138 cm³/mol. The molecule has 0 radical (unpaired) electrons. The number of aryl methyl sites for hydroxylation is 1. The van der Waals surface area contributed by atoms with Crippen LogP contribution >= 0.6 is 11.8 Å². The summed E-state index contributed by atoms with van der Waals surface area (Å²) in [5.74, 6) is 1.16. The van der Waals surface area contributed by atoms with Crippen molar-refractivity contribution in [2.24, 2.45) is 0 Å². The van der Waals surface area contributed by atoms with Crippen LogP contribution in [-0.2, 0) is 9.59 Å². The van der Waals surface area contributed by atoms with Crippen LogP contribution in [-0.4, -0.2) is 39.7 Å². The number of hydrogen-bond acceptors (Lipinski definition) is 6. The lowest BCUT2D eigenvalue weighted by atomic mass is 10.1. The Hall–Kier alpha value is -3.65. The van der Waals surface area contributed by atoms with Gasteiger partial charge in [-0.05, 0) is 54.4 Å². The van der Waals surface area contributed by atoms with Crippen LogP contribution < -0.4 is 24.4 Å². The zero-order valence-electron chi connectivity index (χ0n) is 20.2. The minimum absolute atomic E-state index is 0.0771. The quantitative estimate of drug-likeness (QED) is 0.487. The standard InChI is InChI=1S/C27H28N2O5S/c1-17-8-7-9-19(12-17)28-25(30)16-29-20-10-5-6-11-23(20)35-24(15-26(29)31)18-13-21(32-2)27(34-4)22(14-18)33-3/h5-14,24H,15-16H2,1-4H3,(H,28,30). The van der Waals surface area contributed by atoms with E-state index < -0.39 is 0 Å². The minimum Gasteiger partial charge on any atom is -0.493 e. The van der Waals surface area contributed by atoms with Crippen LogP contribution in [0.1, 0.15) is 22.8 Å². The molecule has 1 aliphatic rings. The van der Waals surface area contributed by atoms with E-state index in [4.69, 9.17) is 14.2 Å². The number of benzene rings is 3. The molecule has 0 aliphatic carbocycles. The van der Waals surface area contributed by atoms with E-state index in [0.717, 1.165) is 21.7 Å². The SMILES string of the molecule is COc1cc(C2CC(=O)N(CC(=O)Nc3cccc(C)c3)c3ccccc3S2)cc(OC)c1OC. The van der Waals surface area contributed by atoms with Crippen molar-refractivity contribution in [2.75, 3.05) is 38.1 Å². The third-order valence-corrected chi connectivity index (χ3v) is 7.07. The van der Waals surface area contributed by atoms with Crippen molar-refractivity contribution in [3.05, 3.63) is 71.8 Å². The summed E-state index contributed by atoms with van der Waals surface area (Å²) in [7, 11) is 4.69. The summed E-state index contributed by atoms with van der Waals surface area (Å²) in [5, 5.41) is 2.69. The van der Waals surface area contributed by atoms with Gasteiger partial charge in [-0.1, -0.05) is 24.3 Å². The average Bonchev–Trinajstić information content (AvgIpc) is 2.99. The predicted octanol–water partition coefficient (Wildman–Crippen LogP) is 5.23. The lowest BCUT2D eigenvalue weighted by Gasteiger charge is -2.22. The van der Waals surface area contributed by atoms with Crippen molar-refractivity contribution in [2.45, 2.75) is 23.5 Å². The van der Waals surface area contributed by atoms with E-state index in [-0.39, 0.29) is 30.0 Å². The molecule has 2 amide bonds. The van der Waals surface area contributed by atoms with Crippen LogP contribution in [0.4, 0.5) is 11.4 Å². The van der Waals surface area contributed by atoms with Gasteiger partial charge in [0.05, 0.1) is 27.0 Å². The van der Waals surface area contributed by atoms with Crippen molar-refractivity contribution >= 4 is 35.0 Å². The van der Waals surface area contributed by atoms with E-state index in [1.165, 1.54) is 0 Å². The van der Waals surface area contributed by atoms with E-state index in [2.05, 4.69) is 5.32 Å². The molecule has 4 rings (SSSR count). The van der Waals surface area contributed by atoms with Gasteiger partial charge < -0.3 is 24.4 Å². The van der Waals surface area contributed by atoms with Crippen molar-refractivity contribution < 1.29 is 23.8 Å². The second-order valence-corrected chi connectivity index (χ2v) is 9.38. The maximum atomic E-state index is 13.5. The van der Waals surface area contributed by atoms with Gasteiger partial charge in [0.15, 0.2) is 11.5 Å². The molecule has 7 nitrogen and oxygen atoms in total. The number of carbonyl (C=O) groups is 2. The maximum absolute atomic E-state index is 13.5. The molecule has 1 heterocycles. The maximum Gasteiger partial charge on any atom is 0.244 e. The number of thioether (sulfide) groups is 1. The molecule has 0 spiro atoms. The Kier molecular flexibility index (Phi) is 7.51. The van der Waals surface area contributed by atoms with E-state index >= 15 is 0 Å². The van der Waals surface area contributed by atoms with Crippen molar-refractivity contribution in [1.29, 1.82) is 0 Å². The highest BCUT2D eigenvalue weighted by atomic mass is 32.2. The fourth-order valence-corrected chi connectivity index (χ4v) is 5.35. The van der Waals surface area contributed by atoms with Crippen molar-refractivity contribution in [3.8, 4) is 17.2 Å². The summed E-state index contributed by atoms with van der Waals surface area (Å²) in [5.41, 5.74) is 3.34. The molecule has 1 aliphatic heterocycles. The Balaban J connectivity index is 1.63. The molecule has 0 fully saturated rings. The van der Waals surface area contributed by atoms with E-state index in [1.54, 1.807) is 38.0 Å². The first-order chi connectivity index (χ1) is 16.9. The number of hydrogen-bond donors (Lipinski definition) is 1. The molecule has 0 saturated carbocycles. The number of nitrogens with zero attached hydrogens (tertiary/aromatic N) is 1. The van der Waals surface area contributed by atoms with Gasteiger partial charge in [0, 0.05) is 22.3 Å². The molecule has 8 heteroatoms. The molecule has 1 N–H and O–H groups in total. The number of ether oxygens (including phenoxy) is 3. The number of para-hydroxylation sites is 1. The number of methoxy groups -OCH3 is 3.